The first kappa shape index (κ1) is 9.69. The Labute approximate surface area is 66.4 Å². The normalized spacial score (nSPS) is 9.40. The SMILES string of the molecule is CC(=O)CCC(=O)CCS. The van der Waals surface area contributed by atoms with Crippen molar-refractivity contribution in [1.82, 2.24) is 0 Å². The van der Waals surface area contributed by atoms with E-state index in [1.165, 1.54) is 6.92 Å². The van der Waals surface area contributed by atoms with Crippen molar-refractivity contribution in [3.05, 3.63) is 0 Å². The molecule has 0 N–H and O–H groups in total. The van der Waals surface area contributed by atoms with Crippen molar-refractivity contribution in [2.24, 2.45) is 0 Å². The van der Waals surface area contributed by atoms with Gasteiger partial charge in [0.1, 0.15) is 11.6 Å². The maximum atomic E-state index is 10.7. The first-order chi connectivity index (χ1) is 4.66. The zero-order valence-electron chi connectivity index (χ0n) is 6.09. The lowest BCUT2D eigenvalue weighted by molar-refractivity contribution is -0.123. The summed E-state index contributed by atoms with van der Waals surface area (Å²) in [6.45, 7) is 1.49. The second kappa shape index (κ2) is 5.47. The van der Waals surface area contributed by atoms with Gasteiger partial charge in [0.25, 0.3) is 0 Å². The highest BCUT2D eigenvalue weighted by Crippen LogP contribution is 1.96. The zero-order chi connectivity index (χ0) is 7.98. The van der Waals surface area contributed by atoms with Gasteiger partial charge in [-0.2, -0.15) is 12.6 Å². The Hall–Kier alpha value is -0.310. The van der Waals surface area contributed by atoms with E-state index in [1.54, 1.807) is 0 Å². The molecule has 58 valence electrons. The summed E-state index contributed by atoms with van der Waals surface area (Å²) in [5.74, 6) is 0.786. The molecule has 0 heterocycles. The Morgan fingerprint density at radius 2 is 1.80 bits per heavy atom. The predicted molar refractivity (Wildman–Crippen MR) is 43.4 cm³/mol. The van der Waals surface area contributed by atoms with Gasteiger partial charge in [-0.1, -0.05) is 0 Å². The fourth-order valence-corrected chi connectivity index (χ4v) is 0.815. The minimum absolute atomic E-state index is 0.0764. The molecule has 0 amide bonds. The van der Waals surface area contributed by atoms with E-state index in [0.29, 0.717) is 25.0 Å². The molecule has 0 saturated heterocycles. The van der Waals surface area contributed by atoms with Crippen LogP contribution in [0.4, 0.5) is 0 Å². The summed E-state index contributed by atoms with van der Waals surface area (Å²) < 4.78 is 0. The quantitative estimate of drug-likeness (QED) is 0.614. The van der Waals surface area contributed by atoms with Crippen molar-refractivity contribution in [3.63, 3.8) is 0 Å². The van der Waals surface area contributed by atoms with Crippen molar-refractivity contribution in [2.45, 2.75) is 26.2 Å². The van der Waals surface area contributed by atoms with Gasteiger partial charge >= 0.3 is 0 Å². The van der Waals surface area contributed by atoms with E-state index < -0.39 is 0 Å². The predicted octanol–water partition coefficient (Wildman–Crippen LogP) is 1.24. The monoisotopic (exact) mass is 160 g/mol. The zero-order valence-corrected chi connectivity index (χ0v) is 6.99. The molecule has 2 nitrogen and oxygen atoms in total. The third-order valence-electron chi connectivity index (χ3n) is 1.15. The fourth-order valence-electron chi connectivity index (χ4n) is 0.565. The number of ketones is 2. The first-order valence-electron chi connectivity index (χ1n) is 3.29. The molecule has 0 aliphatic carbocycles. The molecular formula is C7H12O2S. The van der Waals surface area contributed by atoms with Gasteiger partial charge in [0.05, 0.1) is 0 Å². The fraction of sp³-hybridized carbons (Fsp3) is 0.714. The lowest BCUT2D eigenvalue weighted by Crippen LogP contribution is -2.01. The van der Waals surface area contributed by atoms with Crippen LogP contribution in [0.5, 0.6) is 0 Å². The Kier molecular flexibility index (Phi) is 5.30. The van der Waals surface area contributed by atoms with Gasteiger partial charge in [-0.3, -0.25) is 4.79 Å². The highest BCUT2D eigenvalue weighted by atomic mass is 32.1. The van der Waals surface area contributed by atoms with Crippen molar-refractivity contribution in [2.75, 3.05) is 5.75 Å². The Morgan fingerprint density at radius 1 is 1.20 bits per heavy atom. The number of carbonyl (C=O) groups is 2. The van der Waals surface area contributed by atoms with Crippen LogP contribution in [0.25, 0.3) is 0 Å². The summed E-state index contributed by atoms with van der Waals surface area (Å²) in [6.07, 6.45) is 1.25. The van der Waals surface area contributed by atoms with E-state index in [2.05, 4.69) is 12.6 Å². The molecule has 0 aromatic heterocycles. The molecule has 0 unspecified atom stereocenters. The van der Waals surface area contributed by atoms with Crippen molar-refractivity contribution < 1.29 is 9.59 Å². The average molecular weight is 160 g/mol. The van der Waals surface area contributed by atoms with Gasteiger partial charge in [0.15, 0.2) is 0 Å². The van der Waals surface area contributed by atoms with E-state index in [0.717, 1.165) is 0 Å². The van der Waals surface area contributed by atoms with Gasteiger partial charge in [0.2, 0.25) is 0 Å². The van der Waals surface area contributed by atoms with Crippen LogP contribution in [-0.2, 0) is 9.59 Å². The minimum atomic E-state index is 0.0764. The van der Waals surface area contributed by atoms with E-state index in [4.69, 9.17) is 0 Å². The summed E-state index contributed by atoms with van der Waals surface area (Å²) in [5.41, 5.74) is 0. The van der Waals surface area contributed by atoms with E-state index >= 15 is 0 Å². The highest BCUT2D eigenvalue weighted by molar-refractivity contribution is 7.80. The molecule has 10 heavy (non-hydrogen) atoms. The highest BCUT2D eigenvalue weighted by Gasteiger charge is 2.01. The molecule has 0 aromatic rings. The molecule has 0 aliphatic heterocycles. The molecule has 0 radical (unpaired) electrons. The van der Waals surface area contributed by atoms with E-state index in [9.17, 15) is 9.59 Å². The number of rotatable bonds is 5. The lowest BCUT2D eigenvalue weighted by Gasteiger charge is -1.93. The van der Waals surface area contributed by atoms with Gasteiger partial charge < -0.3 is 4.79 Å². The summed E-state index contributed by atoms with van der Waals surface area (Å²) >= 11 is 3.90. The minimum Gasteiger partial charge on any atom is -0.300 e. The van der Waals surface area contributed by atoms with Crippen LogP contribution in [0.2, 0.25) is 0 Å². The van der Waals surface area contributed by atoms with Crippen LogP contribution in [-0.4, -0.2) is 17.3 Å². The number of thiol groups is 1. The van der Waals surface area contributed by atoms with Crippen LogP contribution in [0.1, 0.15) is 26.2 Å². The largest absolute Gasteiger partial charge is 0.300 e. The summed E-state index contributed by atoms with van der Waals surface area (Å²) in [6, 6.07) is 0. The molecule has 0 fully saturated rings. The second-order valence-corrected chi connectivity index (χ2v) is 2.66. The lowest BCUT2D eigenvalue weighted by atomic mass is 10.1. The molecule has 3 heteroatoms. The molecular weight excluding hydrogens is 148 g/mol. The Morgan fingerprint density at radius 3 is 2.20 bits per heavy atom. The molecule has 0 bridgehead atoms. The number of hydrogen-bond donors (Lipinski definition) is 1. The Bertz CT molecular complexity index is 132. The van der Waals surface area contributed by atoms with Crippen LogP contribution in [0.3, 0.4) is 0 Å². The maximum Gasteiger partial charge on any atom is 0.134 e. The molecule has 0 aromatic carbocycles. The first-order valence-corrected chi connectivity index (χ1v) is 3.92. The average Bonchev–Trinajstić information content (AvgIpc) is 1.85. The van der Waals surface area contributed by atoms with Gasteiger partial charge in [0, 0.05) is 19.3 Å². The molecule has 0 aliphatic rings. The van der Waals surface area contributed by atoms with Crippen molar-refractivity contribution >= 4 is 24.2 Å². The standard InChI is InChI=1S/C7H12O2S/c1-6(8)2-3-7(9)4-5-10/h10H,2-5H2,1H3. The van der Waals surface area contributed by atoms with E-state index in [1.807, 2.05) is 0 Å². The summed E-state index contributed by atoms with van der Waals surface area (Å²) in [4.78, 5) is 21.1. The van der Waals surface area contributed by atoms with Gasteiger partial charge in [-0.05, 0) is 12.7 Å². The van der Waals surface area contributed by atoms with Gasteiger partial charge in [-0.25, -0.2) is 0 Å². The second-order valence-electron chi connectivity index (χ2n) is 2.21. The Balaban J connectivity index is 3.30. The van der Waals surface area contributed by atoms with Crippen LogP contribution in [0.15, 0.2) is 0 Å². The number of Topliss-reactive ketones (excluding diaryl/α,β-unsaturated/α-hetero) is 2. The maximum absolute atomic E-state index is 10.7. The summed E-state index contributed by atoms with van der Waals surface area (Å²) in [7, 11) is 0. The third kappa shape index (κ3) is 5.82. The number of carbonyl (C=O) groups excluding carboxylic acids is 2. The smallest absolute Gasteiger partial charge is 0.134 e. The molecule has 0 spiro atoms. The summed E-state index contributed by atoms with van der Waals surface area (Å²) in [5, 5.41) is 0. The molecule has 0 atom stereocenters. The molecule has 0 rings (SSSR count). The van der Waals surface area contributed by atoms with Crippen LogP contribution >= 0.6 is 12.6 Å². The van der Waals surface area contributed by atoms with E-state index in [-0.39, 0.29) is 11.6 Å². The van der Waals surface area contributed by atoms with Gasteiger partial charge in [-0.15, -0.1) is 0 Å². The molecule has 0 saturated carbocycles. The topological polar surface area (TPSA) is 34.1 Å². The third-order valence-corrected chi connectivity index (χ3v) is 1.37. The van der Waals surface area contributed by atoms with Crippen molar-refractivity contribution in [3.8, 4) is 0 Å². The van der Waals surface area contributed by atoms with Crippen LogP contribution in [0, 0.1) is 0 Å². The number of hydrogen-bond acceptors (Lipinski definition) is 3. The van der Waals surface area contributed by atoms with Crippen LogP contribution < -0.4 is 0 Å². The van der Waals surface area contributed by atoms with Crippen molar-refractivity contribution in [1.29, 1.82) is 0 Å².